The molecule has 0 amide bonds. The second-order valence-electron chi connectivity index (χ2n) is 4.97. The molecule has 3 heteroatoms. The minimum atomic E-state index is 0.808. The number of likely N-dealkylation sites (tertiary alicyclic amines) is 1. The van der Waals surface area contributed by atoms with Crippen molar-refractivity contribution in [3.8, 4) is 0 Å². The number of hydrogen-bond acceptors (Lipinski definition) is 3. The fourth-order valence-electron chi connectivity index (χ4n) is 2.33. The monoisotopic (exact) mass is 212 g/mol. The maximum absolute atomic E-state index is 5.21. The lowest BCUT2D eigenvalue weighted by molar-refractivity contribution is 0.0998. The SMILES string of the molecule is COCC1CCN(CCNC2CC2)CC1. The molecule has 1 aliphatic carbocycles. The Bertz CT molecular complexity index is 174. The minimum Gasteiger partial charge on any atom is -0.384 e. The van der Waals surface area contributed by atoms with Crippen LogP contribution in [0.1, 0.15) is 25.7 Å². The Balaban J connectivity index is 1.52. The molecule has 2 rings (SSSR count). The number of nitrogens with zero attached hydrogens (tertiary/aromatic N) is 1. The van der Waals surface area contributed by atoms with Gasteiger partial charge in [-0.1, -0.05) is 0 Å². The van der Waals surface area contributed by atoms with Crippen LogP contribution in [0.2, 0.25) is 0 Å². The van der Waals surface area contributed by atoms with Crippen LogP contribution in [0.15, 0.2) is 0 Å². The summed E-state index contributed by atoms with van der Waals surface area (Å²) in [5, 5.41) is 3.57. The lowest BCUT2D eigenvalue weighted by Crippen LogP contribution is -2.39. The minimum absolute atomic E-state index is 0.808. The van der Waals surface area contributed by atoms with Gasteiger partial charge in [0.2, 0.25) is 0 Å². The molecule has 0 radical (unpaired) electrons. The Labute approximate surface area is 93.2 Å². The molecular weight excluding hydrogens is 188 g/mol. The first-order chi connectivity index (χ1) is 7.38. The molecule has 1 saturated carbocycles. The number of nitrogens with one attached hydrogen (secondary N) is 1. The molecule has 1 saturated heterocycles. The average Bonchev–Trinajstić information content (AvgIpc) is 3.05. The van der Waals surface area contributed by atoms with E-state index in [0.29, 0.717) is 0 Å². The molecule has 0 spiro atoms. The van der Waals surface area contributed by atoms with E-state index in [2.05, 4.69) is 10.2 Å². The normalized spacial score (nSPS) is 24.6. The summed E-state index contributed by atoms with van der Waals surface area (Å²) >= 11 is 0. The second kappa shape index (κ2) is 5.83. The van der Waals surface area contributed by atoms with Crippen LogP contribution >= 0.6 is 0 Å². The summed E-state index contributed by atoms with van der Waals surface area (Å²) in [6.45, 7) is 5.89. The fraction of sp³-hybridized carbons (Fsp3) is 1.00. The van der Waals surface area contributed by atoms with E-state index in [0.717, 1.165) is 18.6 Å². The lowest BCUT2D eigenvalue weighted by Gasteiger charge is -2.31. The van der Waals surface area contributed by atoms with Crippen LogP contribution in [-0.2, 0) is 4.74 Å². The maximum Gasteiger partial charge on any atom is 0.0491 e. The maximum atomic E-state index is 5.21. The summed E-state index contributed by atoms with van der Waals surface area (Å²) in [6, 6.07) is 0.857. The number of piperidine rings is 1. The topological polar surface area (TPSA) is 24.5 Å². The third-order valence-corrected chi connectivity index (χ3v) is 3.55. The Morgan fingerprint density at radius 1 is 1.20 bits per heavy atom. The quantitative estimate of drug-likeness (QED) is 0.713. The van der Waals surface area contributed by atoms with Gasteiger partial charge < -0.3 is 15.0 Å². The first kappa shape index (κ1) is 11.4. The summed E-state index contributed by atoms with van der Waals surface area (Å²) in [5.74, 6) is 0.808. The molecule has 0 bridgehead atoms. The highest BCUT2D eigenvalue weighted by molar-refractivity contribution is 4.81. The molecule has 1 heterocycles. The summed E-state index contributed by atoms with van der Waals surface area (Å²) < 4.78 is 5.21. The van der Waals surface area contributed by atoms with E-state index in [1.165, 1.54) is 51.9 Å². The third-order valence-electron chi connectivity index (χ3n) is 3.55. The highest BCUT2D eigenvalue weighted by atomic mass is 16.5. The molecule has 0 atom stereocenters. The van der Waals surface area contributed by atoms with E-state index in [4.69, 9.17) is 4.74 Å². The van der Waals surface area contributed by atoms with E-state index in [9.17, 15) is 0 Å². The Morgan fingerprint density at radius 3 is 2.53 bits per heavy atom. The molecule has 15 heavy (non-hydrogen) atoms. The van der Waals surface area contributed by atoms with Crippen LogP contribution in [0.4, 0.5) is 0 Å². The second-order valence-corrected chi connectivity index (χ2v) is 4.97. The molecule has 88 valence electrons. The van der Waals surface area contributed by atoms with Crippen LogP contribution in [-0.4, -0.2) is 50.8 Å². The first-order valence-electron chi connectivity index (χ1n) is 6.33. The number of ether oxygens (including phenoxy) is 1. The smallest absolute Gasteiger partial charge is 0.0491 e. The van der Waals surface area contributed by atoms with Gasteiger partial charge in [-0.25, -0.2) is 0 Å². The molecule has 0 aromatic rings. The molecule has 3 nitrogen and oxygen atoms in total. The Morgan fingerprint density at radius 2 is 1.93 bits per heavy atom. The molecule has 0 aromatic heterocycles. The van der Waals surface area contributed by atoms with Crippen molar-refractivity contribution in [3.63, 3.8) is 0 Å². The van der Waals surface area contributed by atoms with Crippen LogP contribution in [0.25, 0.3) is 0 Å². The fourth-order valence-corrected chi connectivity index (χ4v) is 2.33. The van der Waals surface area contributed by atoms with Crippen molar-refractivity contribution in [2.24, 2.45) is 5.92 Å². The van der Waals surface area contributed by atoms with Crippen LogP contribution in [0.3, 0.4) is 0 Å². The van der Waals surface area contributed by atoms with Gasteiger partial charge >= 0.3 is 0 Å². The average molecular weight is 212 g/mol. The van der Waals surface area contributed by atoms with Crippen molar-refractivity contribution in [1.29, 1.82) is 0 Å². The lowest BCUT2D eigenvalue weighted by atomic mass is 9.98. The zero-order valence-corrected chi connectivity index (χ0v) is 9.87. The van der Waals surface area contributed by atoms with Gasteiger partial charge in [0.05, 0.1) is 0 Å². The molecule has 2 fully saturated rings. The Hall–Kier alpha value is -0.120. The number of rotatable bonds is 6. The van der Waals surface area contributed by atoms with Crippen molar-refractivity contribution in [2.75, 3.05) is 39.9 Å². The molecule has 0 unspecified atom stereocenters. The van der Waals surface area contributed by atoms with Crippen molar-refractivity contribution < 1.29 is 4.74 Å². The van der Waals surface area contributed by atoms with E-state index in [1.807, 2.05) is 7.11 Å². The van der Waals surface area contributed by atoms with Gasteiger partial charge in [-0.2, -0.15) is 0 Å². The molecule has 0 aromatic carbocycles. The van der Waals surface area contributed by atoms with Gasteiger partial charge in [-0.05, 0) is 44.7 Å². The van der Waals surface area contributed by atoms with Gasteiger partial charge in [0.25, 0.3) is 0 Å². The summed E-state index contributed by atoms with van der Waals surface area (Å²) in [4.78, 5) is 2.58. The number of methoxy groups -OCH3 is 1. The van der Waals surface area contributed by atoms with Crippen molar-refractivity contribution in [1.82, 2.24) is 10.2 Å². The zero-order valence-electron chi connectivity index (χ0n) is 9.87. The predicted molar refractivity (Wildman–Crippen MR) is 62.1 cm³/mol. The summed E-state index contributed by atoms with van der Waals surface area (Å²) in [6.07, 6.45) is 5.43. The van der Waals surface area contributed by atoms with E-state index >= 15 is 0 Å². The summed E-state index contributed by atoms with van der Waals surface area (Å²) in [5.41, 5.74) is 0. The standard InChI is InChI=1S/C12H24N2O/c1-15-10-11-4-7-14(8-5-11)9-6-13-12-2-3-12/h11-13H,2-10H2,1H3. The largest absolute Gasteiger partial charge is 0.384 e. The van der Waals surface area contributed by atoms with Gasteiger partial charge in [0.1, 0.15) is 0 Å². The molecule has 1 N–H and O–H groups in total. The van der Waals surface area contributed by atoms with Gasteiger partial charge in [-0.15, -0.1) is 0 Å². The van der Waals surface area contributed by atoms with Gasteiger partial charge in [0.15, 0.2) is 0 Å². The first-order valence-corrected chi connectivity index (χ1v) is 6.33. The number of hydrogen-bond donors (Lipinski definition) is 1. The Kier molecular flexibility index (Phi) is 4.42. The predicted octanol–water partition coefficient (Wildman–Crippen LogP) is 1.10. The molecule has 1 aliphatic heterocycles. The third kappa shape index (κ3) is 4.09. The van der Waals surface area contributed by atoms with Crippen LogP contribution < -0.4 is 5.32 Å². The highest BCUT2D eigenvalue weighted by Gasteiger charge is 2.21. The van der Waals surface area contributed by atoms with Gasteiger partial charge in [-0.3, -0.25) is 0 Å². The van der Waals surface area contributed by atoms with Crippen molar-refractivity contribution in [3.05, 3.63) is 0 Å². The van der Waals surface area contributed by atoms with E-state index < -0.39 is 0 Å². The highest BCUT2D eigenvalue weighted by Crippen LogP contribution is 2.19. The van der Waals surface area contributed by atoms with E-state index in [-0.39, 0.29) is 0 Å². The summed E-state index contributed by atoms with van der Waals surface area (Å²) in [7, 11) is 1.81. The van der Waals surface area contributed by atoms with Gasteiger partial charge in [0, 0.05) is 32.8 Å². The van der Waals surface area contributed by atoms with Crippen LogP contribution in [0.5, 0.6) is 0 Å². The van der Waals surface area contributed by atoms with Crippen molar-refractivity contribution >= 4 is 0 Å². The molecular formula is C12H24N2O. The van der Waals surface area contributed by atoms with E-state index in [1.54, 1.807) is 0 Å². The zero-order chi connectivity index (χ0) is 10.5. The van der Waals surface area contributed by atoms with Crippen LogP contribution in [0, 0.1) is 5.92 Å². The molecule has 2 aliphatic rings. The van der Waals surface area contributed by atoms with Crippen molar-refractivity contribution in [2.45, 2.75) is 31.7 Å².